The number of hydrogen-bond acceptors (Lipinski definition) is 6. The molecule has 33 heavy (non-hydrogen) atoms. The number of nitrogens with two attached hydrogens (primary N) is 1. The average molecular weight is 594 g/mol. The fraction of sp³-hybridized carbons (Fsp3) is 0.136. The van der Waals surface area contributed by atoms with Crippen LogP contribution in [-0.2, 0) is 9.71 Å². The van der Waals surface area contributed by atoms with E-state index in [-0.39, 0.29) is 5.48 Å². The number of fused-ring (bicyclic) bond motifs is 1. The summed E-state index contributed by atoms with van der Waals surface area (Å²) in [6.07, 6.45) is 3.14. The third-order valence-corrected chi connectivity index (χ3v) is 7.13. The van der Waals surface area contributed by atoms with Gasteiger partial charge in [0.05, 0.1) is 27.0 Å². The molecular weight excluding hydrogens is 572 g/mol. The molecule has 1 atom stereocenters. The maximum absolute atomic E-state index is 13.3. The SMILES string of the molecule is C=S(=O)(c1ccc(C)cc1)n1c(C)cc2nc(Br)cnc21.CC#Cc1nc(Br)cnc1N.O. The highest BCUT2D eigenvalue weighted by Gasteiger charge is 2.18. The molecular formula is C22H22Br2N6O2S. The fourth-order valence-electron chi connectivity index (χ4n) is 2.87. The van der Waals surface area contributed by atoms with Crippen molar-refractivity contribution in [3.63, 3.8) is 0 Å². The molecule has 0 radical (unpaired) electrons. The van der Waals surface area contributed by atoms with Crippen LogP contribution in [0.1, 0.15) is 23.9 Å². The van der Waals surface area contributed by atoms with Crippen molar-refractivity contribution in [3.8, 4) is 11.8 Å². The van der Waals surface area contributed by atoms with Crippen molar-refractivity contribution in [3.05, 3.63) is 68.9 Å². The predicted molar refractivity (Wildman–Crippen MR) is 140 cm³/mol. The third kappa shape index (κ3) is 5.97. The van der Waals surface area contributed by atoms with Crippen LogP contribution in [0.2, 0.25) is 0 Å². The maximum atomic E-state index is 13.3. The van der Waals surface area contributed by atoms with Gasteiger partial charge >= 0.3 is 0 Å². The van der Waals surface area contributed by atoms with E-state index in [1.54, 1.807) is 17.1 Å². The molecule has 0 aliphatic rings. The number of aromatic nitrogens is 5. The minimum Gasteiger partial charge on any atom is -0.412 e. The minimum atomic E-state index is -2.68. The molecule has 0 aliphatic heterocycles. The van der Waals surface area contributed by atoms with E-state index in [0.29, 0.717) is 36.8 Å². The molecule has 172 valence electrons. The van der Waals surface area contributed by atoms with Crippen LogP contribution >= 0.6 is 31.9 Å². The minimum absolute atomic E-state index is 0. The van der Waals surface area contributed by atoms with Gasteiger partial charge in [0.1, 0.15) is 14.7 Å². The summed E-state index contributed by atoms with van der Waals surface area (Å²) in [6.45, 7) is 5.60. The van der Waals surface area contributed by atoms with Crippen molar-refractivity contribution < 1.29 is 9.69 Å². The summed E-state index contributed by atoms with van der Waals surface area (Å²) in [7, 11) is -2.68. The van der Waals surface area contributed by atoms with E-state index in [2.05, 4.69) is 69.5 Å². The number of anilines is 1. The predicted octanol–water partition coefficient (Wildman–Crippen LogP) is 3.72. The smallest absolute Gasteiger partial charge is 0.170 e. The molecule has 3 aromatic heterocycles. The van der Waals surface area contributed by atoms with Gasteiger partial charge < -0.3 is 11.2 Å². The maximum Gasteiger partial charge on any atom is 0.170 e. The first-order chi connectivity index (χ1) is 15.1. The van der Waals surface area contributed by atoms with Gasteiger partial charge in [-0.15, -0.1) is 0 Å². The number of hydrogen-bond donors (Lipinski definition) is 1. The molecule has 4 rings (SSSR count). The molecule has 0 amide bonds. The van der Waals surface area contributed by atoms with E-state index in [1.165, 1.54) is 6.20 Å². The van der Waals surface area contributed by atoms with E-state index >= 15 is 0 Å². The van der Waals surface area contributed by atoms with Gasteiger partial charge in [-0.3, -0.25) is 0 Å². The van der Waals surface area contributed by atoms with Crippen LogP contribution in [0.5, 0.6) is 0 Å². The zero-order valence-electron chi connectivity index (χ0n) is 18.1. The molecule has 0 saturated carbocycles. The first kappa shape index (κ1) is 26.5. The lowest BCUT2D eigenvalue weighted by Crippen LogP contribution is -2.14. The quantitative estimate of drug-likeness (QED) is 0.278. The Morgan fingerprint density at radius 2 is 1.67 bits per heavy atom. The van der Waals surface area contributed by atoms with Gasteiger partial charge in [-0.1, -0.05) is 23.6 Å². The van der Waals surface area contributed by atoms with Crippen LogP contribution in [0.3, 0.4) is 0 Å². The van der Waals surface area contributed by atoms with E-state index in [1.807, 2.05) is 44.2 Å². The first-order valence-corrected chi connectivity index (χ1v) is 12.6. The molecule has 0 fully saturated rings. The van der Waals surface area contributed by atoms with Crippen molar-refractivity contribution in [2.75, 3.05) is 5.73 Å². The summed E-state index contributed by atoms with van der Waals surface area (Å²) in [5, 5.41) is 0. The van der Waals surface area contributed by atoms with Crippen LogP contribution in [0, 0.1) is 25.7 Å². The van der Waals surface area contributed by atoms with Gasteiger partial charge in [0.25, 0.3) is 0 Å². The lowest BCUT2D eigenvalue weighted by atomic mass is 10.2. The second-order valence-corrected chi connectivity index (χ2v) is 10.5. The van der Waals surface area contributed by atoms with Gasteiger partial charge in [-0.05, 0) is 82.6 Å². The zero-order valence-corrected chi connectivity index (χ0v) is 22.1. The van der Waals surface area contributed by atoms with Crippen LogP contribution in [0.4, 0.5) is 5.82 Å². The van der Waals surface area contributed by atoms with E-state index in [0.717, 1.165) is 11.3 Å². The molecule has 11 heteroatoms. The highest BCUT2D eigenvalue weighted by molar-refractivity contribution is 9.10. The molecule has 4 N–H and O–H groups in total. The Morgan fingerprint density at radius 3 is 2.30 bits per heavy atom. The van der Waals surface area contributed by atoms with Crippen molar-refractivity contribution >= 4 is 64.4 Å². The summed E-state index contributed by atoms with van der Waals surface area (Å²) in [6, 6.07) is 9.43. The molecule has 1 aromatic carbocycles. The van der Waals surface area contributed by atoms with Gasteiger partial charge in [0.15, 0.2) is 17.2 Å². The van der Waals surface area contributed by atoms with Crippen molar-refractivity contribution in [1.82, 2.24) is 23.9 Å². The number of nitrogens with zero attached hydrogens (tertiary/aromatic N) is 5. The number of benzene rings is 1. The second kappa shape index (κ2) is 10.9. The van der Waals surface area contributed by atoms with Crippen LogP contribution < -0.4 is 5.73 Å². The second-order valence-electron chi connectivity index (χ2n) is 6.74. The lowest BCUT2D eigenvalue weighted by molar-refractivity contribution is 0.675. The largest absolute Gasteiger partial charge is 0.412 e. The molecule has 0 saturated heterocycles. The topological polar surface area (TPSA) is 131 Å². The average Bonchev–Trinajstić information content (AvgIpc) is 3.07. The van der Waals surface area contributed by atoms with E-state index < -0.39 is 9.71 Å². The Morgan fingerprint density at radius 1 is 1.06 bits per heavy atom. The summed E-state index contributed by atoms with van der Waals surface area (Å²) < 4.78 is 16.2. The zero-order chi connectivity index (χ0) is 23.5. The van der Waals surface area contributed by atoms with E-state index in [9.17, 15) is 4.21 Å². The fourth-order valence-corrected chi connectivity index (χ4v) is 5.15. The molecule has 0 spiro atoms. The number of halogens is 2. The van der Waals surface area contributed by atoms with Crippen molar-refractivity contribution in [1.29, 1.82) is 0 Å². The lowest BCUT2D eigenvalue weighted by Gasteiger charge is -2.14. The van der Waals surface area contributed by atoms with Crippen LogP contribution in [0.15, 0.2) is 56.8 Å². The van der Waals surface area contributed by atoms with Crippen LogP contribution in [-0.4, -0.2) is 39.5 Å². The Bertz CT molecular complexity index is 1460. The standard InChI is InChI=1S/C15H14BrN3OS.C7H6BrN3.H2O/c1-10-4-6-12(7-5-10)21(3,20)19-11(2)8-13-15(19)17-9-14(16)18-13;1-2-3-5-7(9)10-4-6(8)11-5;/h4-9H,3H2,1-2H3;4H,1H3,(H2,9,10);1H2. The van der Waals surface area contributed by atoms with Crippen LogP contribution in [0.25, 0.3) is 11.2 Å². The van der Waals surface area contributed by atoms with Gasteiger partial charge in [0, 0.05) is 5.69 Å². The first-order valence-electron chi connectivity index (χ1n) is 9.29. The Kier molecular flexibility index (Phi) is 8.74. The normalized spacial score (nSPS) is 11.9. The van der Waals surface area contributed by atoms with Gasteiger partial charge in [0.2, 0.25) is 0 Å². The summed E-state index contributed by atoms with van der Waals surface area (Å²) in [5.41, 5.74) is 9.21. The molecule has 1 unspecified atom stereocenters. The summed E-state index contributed by atoms with van der Waals surface area (Å²) in [4.78, 5) is 17.3. The van der Waals surface area contributed by atoms with Crippen molar-refractivity contribution in [2.45, 2.75) is 25.7 Å². The number of rotatable bonds is 2. The highest BCUT2D eigenvalue weighted by atomic mass is 79.9. The number of nitrogen functional groups attached to an aromatic ring is 1. The molecule has 0 bridgehead atoms. The molecule has 0 aliphatic carbocycles. The summed E-state index contributed by atoms with van der Waals surface area (Å²) >= 11 is 6.47. The Hall–Kier alpha value is -2.78. The highest BCUT2D eigenvalue weighted by Crippen LogP contribution is 2.24. The number of aryl methyl sites for hydroxylation is 2. The van der Waals surface area contributed by atoms with E-state index in [4.69, 9.17) is 5.73 Å². The molecule has 3 heterocycles. The third-order valence-electron chi connectivity index (χ3n) is 4.31. The molecule has 4 aromatic rings. The Balaban J connectivity index is 0.000000274. The monoisotopic (exact) mass is 592 g/mol. The Labute approximate surface area is 209 Å². The van der Waals surface area contributed by atoms with Crippen molar-refractivity contribution in [2.24, 2.45) is 0 Å². The van der Waals surface area contributed by atoms with Gasteiger partial charge in [-0.2, -0.15) is 0 Å². The molecule has 8 nitrogen and oxygen atoms in total. The summed E-state index contributed by atoms with van der Waals surface area (Å²) in [5.74, 6) is 9.76. The van der Waals surface area contributed by atoms with Gasteiger partial charge in [-0.25, -0.2) is 28.1 Å².